The fraction of sp³-hybridized carbons (Fsp3) is 0.520. The normalized spacial score (nSPS) is 16.7. The summed E-state index contributed by atoms with van der Waals surface area (Å²) in [5.41, 5.74) is 1.93. The lowest BCUT2D eigenvalue weighted by Crippen LogP contribution is -2.41. The third-order valence-electron chi connectivity index (χ3n) is 6.64. The summed E-state index contributed by atoms with van der Waals surface area (Å²) in [7, 11) is -0.00625. The third-order valence-corrected chi connectivity index (χ3v) is 9.64. The van der Waals surface area contributed by atoms with Crippen LogP contribution in [0.3, 0.4) is 0 Å². The first kappa shape index (κ1) is 26.7. The highest BCUT2D eigenvalue weighted by atomic mass is 32.2. The molecule has 2 aliphatic heterocycles. The van der Waals surface area contributed by atoms with Crippen LogP contribution in [0, 0.1) is 0 Å². The van der Waals surface area contributed by atoms with Crippen LogP contribution in [-0.2, 0) is 27.7 Å². The van der Waals surface area contributed by atoms with E-state index in [1.165, 1.54) is 39.9 Å². The molecule has 2 aliphatic rings. The molecular weight excluding hydrogens is 500 g/mol. The molecule has 2 amide bonds. The molecule has 0 bridgehead atoms. The summed E-state index contributed by atoms with van der Waals surface area (Å²) < 4.78 is 32.3. The van der Waals surface area contributed by atoms with E-state index in [-0.39, 0.29) is 16.7 Å². The van der Waals surface area contributed by atoms with Crippen molar-refractivity contribution in [2.45, 2.75) is 37.6 Å². The lowest BCUT2D eigenvalue weighted by Gasteiger charge is -2.28. The number of carbonyl (C=O) groups excluding carboxylic acids is 2. The minimum atomic E-state index is -3.61. The van der Waals surface area contributed by atoms with Gasteiger partial charge in [-0.3, -0.25) is 9.59 Å². The maximum absolute atomic E-state index is 13.5. The standard InChI is InChI=1S/C25H34N4O5S2/c1-4-5-11-28(3)36(32,33)19-8-6-18(7-9-19)23(30)26-24-22(25(31)29-13-15-34-16-14-29)20-10-12-27(2)17-21(20)35-24/h6-9H,4-5,10-17H2,1-3H3,(H,26,30). The summed E-state index contributed by atoms with van der Waals surface area (Å²) in [5, 5.41) is 3.50. The van der Waals surface area contributed by atoms with Crippen molar-refractivity contribution in [3.8, 4) is 0 Å². The van der Waals surface area contributed by atoms with Crippen LogP contribution < -0.4 is 5.32 Å². The van der Waals surface area contributed by atoms with Crippen LogP contribution in [0.2, 0.25) is 0 Å². The average molecular weight is 535 g/mol. The fourth-order valence-corrected chi connectivity index (χ4v) is 6.93. The molecule has 0 aliphatic carbocycles. The number of benzene rings is 1. The van der Waals surface area contributed by atoms with Crippen molar-refractivity contribution in [1.29, 1.82) is 0 Å². The smallest absolute Gasteiger partial charge is 0.257 e. The summed E-state index contributed by atoms with van der Waals surface area (Å²) >= 11 is 1.45. The Morgan fingerprint density at radius 3 is 2.50 bits per heavy atom. The monoisotopic (exact) mass is 534 g/mol. The van der Waals surface area contributed by atoms with Gasteiger partial charge in [0.05, 0.1) is 23.7 Å². The molecule has 0 radical (unpaired) electrons. The highest BCUT2D eigenvalue weighted by molar-refractivity contribution is 7.89. The predicted molar refractivity (Wildman–Crippen MR) is 140 cm³/mol. The minimum absolute atomic E-state index is 0.0767. The SMILES string of the molecule is CCCCN(C)S(=O)(=O)c1ccc(C(=O)Nc2sc3c(c2C(=O)N2CCOCC2)CCN(C)C3)cc1. The van der Waals surface area contributed by atoms with E-state index in [1.807, 2.05) is 14.0 Å². The Labute approximate surface area is 217 Å². The van der Waals surface area contributed by atoms with Gasteiger partial charge in [0.2, 0.25) is 10.0 Å². The van der Waals surface area contributed by atoms with Crippen LogP contribution >= 0.6 is 11.3 Å². The lowest BCUT2D eigenvalue weighted by atomic mass is 10.0. The average Bonchev–Trinajstić information content (AvgIpc) is 3.23. The van der Waals surface area contributed by atoms with E-state index in [1.54, 1.807) is 11.9 Å². The van der Waals surface area contributed by atoms with E-state index >= 15 is 0 Å². The number of carbonyl (C=O) groups is 2. The molecule has 3 heterocycles. The van der Waals surface area contributed by atoms with E-state index < -0.39 is 10.0 Å². The Balaban J connectivity index is 1.56. The van der Waals surface area contributed by atoms with Gasteiger partial charge in [0.25, 0.3) is 11.8 Å². The fourth-order valence-electron chi connectivity index (χ4n) is 4.40. The number of nitrogens with one attached hydrogen (secondary N) is 1. The maximum atomic E-state index is 13.5. The number of sulfonamides is 1. The van der Waals surface area contributed by atoms with E-state index in [2.05, 4.69) is 10.2 Å². The zero-order valence-electron chi connectivity index (χ0n) is 21.1. The molecule has 11 heteroatoms. The van der Waals surface area contributed by atoms with Gasteiger partial charge < -0.3 is 19.9 Å². The molecule has 196 valence electrons. The first-order chi connectivity index (χ1) is 17.2. The second-order valence-corrected chi connectivity index (χ2v) is 12.4. The molecule has 36 heavy (non-hydrogen) atoms. The third kappa shape index (κ3) is 5.65. The number of unbranched alkanes of at least 4 members (excludes halogenated alkanes) is 1. The molecule has 4 rings (SSSR count). The summed E-state index contributed by atoms with van der Waals surface area (Å²) in [4.78, 5) is 31.9. The second kappa shape index (κ2) is 11.4. The number of nitrogens with zero attached hydrogens (tertiary/aromatic N) is 3. The van der Waals surface area contributed by atoms with Gasteiger partial charge in [-0.15, -0.1) is 11.3 Å². The van der Waals surface area contributed by atoms with E-state index in [0.29, 0.717) is 49.0 Å². The quantitative estimate of drug-likeness (QED) is 0.559. The highest BCUT2D eigenvalue weighted by Gasteiger charge is 2.31. The number of anilines is 1. The first-order valence-electron chi connectivity index (χ1n) is 12.3. The van der Waals surface area contributed by atoms with Crippen LogP contribution in [0.15, 0.2) is 29.2 Å². The van der Waals surface area contributed by atoms with Gasteiger partial charge in [-0.2, -0.15) is 0 Å². The summed E-state index contributed by atoms with van der Waals surface area (Å²) in [6, 6.07) is 5.95. The van der Waals surface area contributed by atoms with Gasteiger partial charge in [-0.1, -0.05) is 13.3 Å². The van der Waals surface area contributed by atoms with E-state index in [0.717, 1.165) is 42.8 Å². The van der Waals surface area contributed by atoms with Crippen molar-refractivity contribution >= 4 is 38.2 Å². The highest BCUT2D eigenvalue weighted by Crippen LogP contribution is 2.38. The van der Waals surface area contributed by atoms with Gasteiger partial charge >= 0.3 is 0 Å². The van der Waals surface area contributed by atoms with Crippen molar-refractivity contribution in [2.75, 3.05) is 58.8 Å². The van der Waals surface area contributed by atoms with E-state index in [4.69, 9.17) is 4.74 Å². The van der Waals surface area contributed by atoms with Gasteiger partial charge in [0.1, 0.15) is 5.00 Å². The number of hydrogen-bond donors (Lipinski definition) is 1. The number of fused-ring (bicyclic) bond motifs is 1. The molecule has 0 saturated carbocycles. The van der Waals surface area contributed by atoms with Crippen molar-refractivity contribution in [3.63, 3.8) is 0 Å². The molecule has 1 aromatic carbocycles. The molecule has 0 unspecified atom stereocenters. The molecule has 0 spiro atoms. The summed E-state index contributed by atoms with van der Waals surface area (Å²) in [6.45, 7) is 6.10. The number of hydrogen-bond acceptors (Lipinski definition) is 7. The number of rotatable bonds is 8. The van der Waals surface area contributed by atoms with Crippen molar-refractivity contribution < 1.29 is 22.7 Å². The Hall–Kier alpha value is -2.31. The first-order valence-corrected chi connectivity index (χ1v) is 14.6. The lowest BCUT2D eigenvalue weighted by molar-refractivity contribution is 0.0303. The van der Waals surface area contributed by atoms with Crippen LogP contribution in [0.25, 0.3) is 0 Å². The predicted octanol–water partition coefficient (Wildman–Crippen LogP) is 2.88. The number of amides is 2. The van der Waals surface area contributed by atoms with Gasteiger partial charge in [0.15, 0.2) is 0 Å². The Kier molecular flexibility index (Phi) is 8.46. The van der Waals surface area contributed by atoms with Crippen LogP contribution in [-0.4, -0.2) is 87.8 Å². The molecule has 1 saturated heterocycles. The van der Waals surface area contributed by atoms with Crippen molar-refractivity contribution in [1.82, 2.24) is 14.1 Å². The van der Waals surface area contributed by atoms with Crippen molar-refractivity contribution in [2.24, 2.45) is 0 Å². The second-order valence-electron chi connectivity index (χ2n) is 9.26. The largest absolute Gasteiger partial charge is 0.378 e. The van der Waals surface area contributed by atoms with Crippen LogP contribution in [0.1, 0.15) is 50.9 Å². The Morgan fingerprint density at radius 2 is 1.83 bits per heavy atom. The molecule has 1 aromatic heterocycles. The molecule has 1 fully saturated rings. The Morgan fingerprint density at radius 1 is 1.14 bits per heavy atom. The van der Waals surface area contributed by atoms with E-state index in [9.17, 15) is 18.0 Å². The van der Waals surface area contributed by atoms with Crippen LogP contribution in [0.4, 0.5) is 5.00 Å². The van der Waals surface area contributed by atoms with Crippen molar-refractivity contribution in [3.05, 3.63) is 45.8 Å². The molecular formula is C25H34N4O5S2. The number of morpholine rings is 1. The number of ether oxygens (including phenoxy) is 1. The number of thiophene rings is 1. The van der Waals surface area contributed by atoms with Crippen LogP contribution in [0.5, 0.6) is 0 Å². The zero-order chi connectivity index (χ0) is 25.9. The van der Waals surface area contributed by atoms with Gasteiger partial charge in [0, 0.05) is 50.2 Å². The summed E-state index contributed by atoms with van der Waals surface area (Å²) in [5.74, 6) is -0.450. The molecule has 2 aromatic rings. The number of likely N-dealkylation sites (N-methyl/N-ethyl adjacent to an activating group) is 1. The van der Waals surface area contributed by atoms with Gasteiger partial charge in [-0.05, 0) is 49.7 Å². The molecule has 1 N–H and O–H groups in total. The molecule has 0 atom stereocenters. The molecule has 9 nitrogen and oxygen atoms in total. The topological polar surface area (TPSA) is 99.3 Å². The van der Waals surface area contributed by atoms with Gasteiger partial charge in [-0.25, -0.2) is 12.7 Å². The minimum Gasteiger partial charge on any atom is -0.378 e. The maximum Gasteiger partial charge on any atom is 0.257 e. The Bertz CT molecular complexity index is 1200. The zero-order valence-corrected chi connectivity index (χ0v) is 22.7. The summed E-state index contributed by atoms with van der Waals surface area (Å²) in [6.07, 6.45) is 2.43.